The van der Waals surface area contributed by atoms with Gasteiger partial charge < -0.3 is 11.5 Å². The number of benzene rings is 1. The number of hydrogen-bond acceptors (Lipinski definition) is 4. The van der Waals surface area contributed by atoms with Gasteiger partial charge in [0.2, 0.25) is 11.1 Å². The summed E-state index contributed by atoms with van der Waals surface area (Å²) >= 11 is 4.82. The average molecular weight is 237 g/mol. The van der Waals surface area contributed by atoms with Gasteiger partial charge in [-0.25, -0.2) is 5.53 Å². The van der Waals surface area contributed by atoms with Crippen LogP contribution in [-0.2, 0) is 0 Å². The minimum absolute atomic E-state index is 0.115. The molecule has 0 unspecified atom stereocenters. The van der Waals surface area contributed by atoms with Crippen LogP contribution in [0.25, 0.3) is 0 Å². The van der Waals surface area contributed by atoms with Crippen LogP contribution in [0.3, 0.4) is 0 Å². The van der Waals surface area contributed by atoms with Crippen molar-refractivity contribution in [2.75, 3.05) is 0 Å². The van der Waals surface area contributed by atoms with Crippen molar-refractivity contribution in [3.63, 3.8) is 0 Å². The Bertz CT molecular complexity index is 396. The third-order valence-corrected chi connectivity index (χ3v) is 1.54. The molecule has 84 valence electrons. The van der Waals surface area contributed by atoms with Gasteiger partial charge in [-0.1, -0.05) is 18.2 Å². The number of thiocarbonyl (C=S) groups is 1. The van der Waals surface area contributed by atoms with E-state index in [4.69, 9.17) is 23.7 Å². The second-order valence-corrected chi connectivity index (χ2v) is 3.00. The Kier molecular flexibility index (Phi) is 4.67. The molecule has 0 saturated carbocycles. The summed E-state index contributed by atoms with van der Waals surface area (Å²) < 4.78 is 0. The first-order valence-electron chi connectivity index (χ1n) is 4.29. The summed E-state index contributed by atoms with van der Waals surface area (Å²) in [4.78, 5) is 0. The average Bonchev–Trinajstić information content (AvgIpc) is 2.27. The Morgan fingerprint density at radius 2 is 1.88 bits per heavy atom. The highest BCUT2D eigenvalue weighted by molar-refractivity contribution is 7.80. The third kappa shape index (κ3) is 4.86. The van der Waals surface area contributed by atoms with E-state index in [1.165, 1.54) is 0 Å². The minimum atomic E-state index is -0.115. The first-order chi connectivity index (χ1) is 7.68. The van der Waals surface area contributed by atoms with E-state index in [1.54, 1.807) is 12.1 Å². The van der Waals surface area contributed by atoms with Crippen molar-refractivity contribution in [2.45, 2.75) is 0 Å². The molecule has 0 amide bonds. The standard InChI is InChI=1S/C8H11N7S/c9-7(10)12-15-14-8(16)13-11-6-4-2-1-3-5-6/h1-5,15H,(H,14,16)(H4,9,10,12)/b13-11+. The fraction of sp³-hybridized carbons (Fsp3) is 0. The Labute approximate surface area is 97.6 Å². The van der Waals surface area contributed by atoms with Crippen molar-refractivity contribution in [1.82, 2.24) is 11.0 Å². The molecule has 0 aliphatic carbocycles. The number of nitrogens with one attached hydrogen (secondary N) is 2. The first-order valence-corrected chi connectivity index (χ1v) is 4.69. The number of hydrazone groups is 1. The highest BCUT2D eigenvalue weighted by Crippen LogP contribution is 2.09. The monoisotopic (exact) mass is 237 g/mol. The van der Waals surface area contributed by atoms with Gasteiger partial charge >= 0.3 is 0 Å². The van der Waals surface area contributed by atoms with E-state index in [0.29, 0.717) is 5.69 Å². The van der Waals surface area contributed by atoms with Crippen LogP contribution in [0.1, 0.15) is 0 Å². The quantitative estimate of drug-likeness (QED) is 0.199. The summed E-state index contributed by atoms with van der Waals surface area (Å²) in [7, 11) is 0. The maximum atomic E-state index is 5.07. The van der Waals surface area contributed by atoms with Crippen molar-refractivity contribution in [3.8, 4) is 0 Å². The highest BCUT2D eigenvalue weighted by atomic mass is 32.1. The molecule has 0 aromatic heterocycles. The molecular formula is C8H11N7S. The van der Waals surface area contributed by atoms with Crippen LogP contribution < -0.4 is 22.4 Å². The fourth-order valence-electron chi connectivity index (χ4n) is 0.763. The maximum Gasteiger partial charge on any atom is 0.233 e. The van der Waals surface area contributed by atoms with E-state index in [-0.39, 0.29) is 11.1 Å². The SMILES string of the molecule is NC(N)=NNNC(=S)/N=N/c1ccccc1. The number of hydrazine groups is 1. The van der Waals surface area contributed by atoms with E-state index in [2.05, 4.69) is 26.3 Å². The predicted octanol–water partition coefficient (Wildman–Crippen LogP) is 0.338. The van der Waals surface area contributed by atoms with Crippen molar-refractivity contribution in [1.29, 1.82) is 0 Å². The van der Waals surface area contributed by atoms with Gasteiger partial charge in [-0.2, -0.15) is 0 Å². The molecule has 0 radical (unpaired) electrons. The van der Waals surface area contributed by atoms with E-state index < -0.39 is 0 Å². The molecule has 1 aromatic rings. The van der Waals surface area contributed by atoms with Gasteiger partial charge in [0.05, 0.1) is 5.69 Å². The minimum Gasteiger partial charge on any atom is -0.369 e. The predicted molar refractivity (Wildman–Crippen MR) is 65.6 cm³/mol. The van der Waals surface area contributed by atoms with Gasteiger partial charge in [-0.05, 0) is 24.4 Å². The molecule has 8 heteroatoms. The van der Waals surface area contributed by atoms with Crippen LogP contribution >= 0.6 is 12.2 Å². The molecule has 0 heterocycles. The van der Waals surface area contributed by atoms with Crippen LogP contribution in [0, 0.1) is 0 Å². The molecule has 0 fully saturated rings. The Morgan fingerprint density at radius 1 is 1.19 bits per heavy atom. The Balaban J connectivity index is 2.40. The topological polar surface area (TPSA) is 113 Å². The molecule has 1 rings (SSSR count). The lowest BCUT2D eigenvalue weighted by Gasteiger charge is -2.00. The summed E-state index contributed by atoms with van der Waals surface area (Å²) in [5.74, 6) is -0.115. The van der Waals surface area contributed by atoms with Crippen molar-refractivity contribution < 1.29 is 0 Å². The zero-order chi connectivity index (χ0) is 11.8. The summed E-state index contributed by atoms with van der Waals surface area (Å²) in [5, 5.41) is 11.2. The number of nitrogens with two attached hydrogens (primary N) is 2. The Morgan fingerprint density at radius 3 is 2.50 bits per heavy atom. The molecule has 0 atom stereocenters. The van der Waals surface area contributed by atoms with Gasteiger partial charge in [-0.15, -0.1) is 15.3 Å². The normalized spacial score (nSPS) is 9.75. The number of nitrogens with zero attached hydrogens (tertiary/aromatic N) is 3. The van der Waals surface area contributed by atoms with E-state index in [0.717, 1.165) is 0 Å². The van der Waals surface area contributed by atoms with Gasteiger partial charge in [0.1, 0.15) is 0 Å². The summed E-state index contributed by atoms with van der Waals surface area (Å²) in [6.45, 7) is 0. The first kappa shape index (κ1) is 11.9. The van der Waals surface area contributed by atoms with Gasteiger partial charge in [-0.3, -0.25) is 5.43 Å². The fourth-order valence-corrected chi connectivity index (χ4v) is 0.850. The second-order valence-electron chi connectivity index (χ2n) is 2.61. The van der Waals surface area contributed by atoms with E-state index >= 15 is 0 Å². The zero-order valence-corrected chi connectivity index (χ0v) is 9.11. The largest absolute Gasteiger partial charge is 0.369 e. The molecule has 0 aliphatic heterocycles. The lowest BCUT2D eigenvalue weighted by atomic mass is 10.3. The highest BCUT2D eigenvalue weighted by Gasteiger charge is 1.90. The lowest BCUT2D eigenvalue weighted by molar-refractivity contribution is 0.697. The Hall–Kier alpha value is -2.22. The van der Waals surface area contributed by atoms with Crippen LogP contribution in [-0.4, -0.2) is 11.1 Å². The van der Waals surface area contributed by atoms with Gasteiger partial charge in [0.15, 0.2) is 0 Å². The number of hydrogen-bond donors (Lipinski definition) is 4. The second kappa shape index (κ2) is 6.30. The van der Waals surface area contributed by atoms with Gasteiger partial charge in [0.25, 0.3) is 0 Å². The number of rotatable bonds is 3. The molecule has 0 saturated heterocycles. The summed E-state index contributed by atoms with van der Waals surface area (Å²) in [6.07, 6.45) is 0. The van der Waals surface area contributed by atoms with Crippen LogP contribution in [0.15, 0.2) is 45.7 Å². The van der Waals surface area contributed by atoms with Crippen LogP contribution in [0.2, 0.25) is 0 Å². The van der Waals surface area contributed by atoms with Crippen molar-refractivity contribution in [3.05, 3.63) is 30.3 Å². The summed E-state index contributed by atoms with van der Waals surface area (Å²) in [5.41, 5.74) is 15.6. The molecular weight excluding hydrogens is 226 g/mol. The van der Waals surface area contributed by atoms with Crippen molar-refractivity contribution in [2.24, 2.45) is 26.8 Å². The molecule has 7 nitrogen and oxygen atoms in total. The zero-order valence-electron chi connectivity index (χ0n) is 8.29. The van der Waals surface area contributed by atoms with Crippen LogP contribution in [0.4, 0.5) is 5.69 Å². The maximum absolute atomic E-state index is 5.07. The molecule has 16 heavy (non-hydrogen) atoms. The molecule has 0 aliphatic rings. The third-order valence-electron chi connectivity index (χ3n) is 1.36. The number of azo groups is 1. The smallest absolute Gasteiger partial charge is 0.233 e. The van der Waals surface area contributed by atoms with E-state index in [9.17, 15) is 0 Å². The summed E-state index contributed by atoms with van der Waals surface area (Å²) in [6, 6.07) is 9.19. The van der Waals surface area contributed by atoms with Gasteiger partial charge in [0, 0.05) is 0 Å². The molecule has 0 spiro atoms. The van der Waals surface area contributed by atoms with Crippen LogP contribution in [0.5, 0.6) is 0 Å². The molecule has 0 bridgehead atoms. The molecule has 1 aromatic carbocycles. The number of guanidine groups is 1. The lowest BCUT2D eigenvalue weighted by Crippen LogP contribution is -2.35. The molecule has 6 N–H and O–H groups in total. The van der Waals surface area contributed by atoms with E-state index in [1.807, 2.05) is 18.2 Å². The van der Waals surface area contributed by atoms with Crippen molar-refractivity contribution >= 4 is 29.0 Å².